The number of carbonyl (C=O) groups excluding carboxylic acids is 1. The zero-order chi connectivity index (χ0) is 18.3. The molecule has 0 saturated carbocycles. The molecule has 0 aromatic carbocycles. The highest BCUT2D eigenvalue weighted by Gasteiger charge is 2.34. The van der Waals surface area contributed by atoms with E-state index in [0.29, 0.717) is 40.0 Å². The number of halogens is 1. The molecule has 2 aliphatic heterocycles. The number of carbonyl (C=O) groups is 1. The van der Waals surface area contributed by atoms with Crippen molar-refractivity contribution in [2.45, 2.75) is 18.6 Å². The Bertz CT molecular complexity index is 896. The minimum absolute atomic E-state index is 0.0437. The Morgan fingerprint density at radius 1 is 1.27 bits per heavy atom. The smallest absolute Gasteiger partial charge is 0.176 e. The van der Waals surface area contributed by atoms with Gasteiger partial charge in [-0.05, 0) is 18.9 Å². The van der Waals surface area contributed by atoms with Crippen molar-refractivity contribution >= 4 is 40.4 Å². The van der Waals surface area contributed by atoms with Gasteiger partial charge in [-0.25, -0.2) is 5.84 Å². The number of hydrazine groups is 1. The number of anilines is 1. The molecule has 136 valence electrons. The number of nitrogen functional groups attached to an aromatic ring is 1. The quantitative estimate of drug-likeness (QED) is 0.544. The molecule has 3 heterocycles. The third kappa shape index (κ3) is 2.76. The number of hydrogen-bond acceptors (Lipinski definition) is 6. The number of nitrogens with two attached hydrogens (primary N) is 2. The third-order valence-electron chi connectivity index (χ3n) is 4.69. The first-order valence-corrected chi connectivity index (χ1v) is 9.98. The molecule has 1 aromatic rings. The summed E-state index contributed by atoms with van der Waals surface area (Å²) < 4.78 is 1.58. The monoisotopic (exact) mass is 389 g/mol. The third-order valence-corrected chi connectivity index (χ3v) is 5.95. The van der Waals surface area contributed by atoms with Crippen molar-refractivity contribution in [3.63, 3.8) is 0 Å². The first-order valence-electron chi connectivity index (χ1n) is 8.44. The van der Waals surface area contributed by atoms with Gasteiger partial charge in [0.15, 0.2) is 5.78 Å². The Morgan fingerprint density at radius 2 is 2.12 bits per heavy atom. The number of aromatic nitrogens is 1. The molecule has 0 amide bonds. The molecule has 0 unspecified atom stereocenters. The number of nitrogens with one attached hydrogen (secondary N) is 1. The number of thioether (sulfide) groups is 1. The van der Waals surface area contributed by atoms with Crippen LogP contribution in [0.4, 0.5) is 5.69 Å². The lowest BCUT2D eigenvalue weighted by Crippen LogP contribution is -2.32. The molecule has 6 nitrogen and oxygen atoms in total. The van der Waals surface area contributed by atoms with Crippen LogP contribution in [0.15, 0.2) is 41.2 Å². The number of hydrogen-bond donors (Lipinski definition) is 3. The topological polar surface area (TPSA) is 89.3 Å². The fourth-order valence-corrected chi connectivity index (χ4v) is 4.62. The van der Waals surface area contributed by atoms with Crippen LogP contribution in [0.3, 0.4) is 0 Å². The van der Waals surface area contributed by atoms with Crippen LogP contribution in [0, 0.1) is 0 Å². The standard InChI is InChI=1S/C18H20ClN5OS/c19-13-8-22-7-6-12(13)17-18(23(20)11-4-2-1-3-5-11)16-14(24(17)21)9-26-10-15(16)25/h2,4-6,8,22H,1,3,7,9-10,20-21H2. The van der Waals surface area contributed by atoms with E-state index >= 15 is 0 Å². The summed E-state index contributed by atoms with van der Waals surface area (Å²) in [5.41, 5.74) is 4.34. The minimum Gasteiger partial charge on any atom is -0.386 e. The molecule has 1 aliphatic carbocycles. The predicted octanol–water partition coefficient (Wildman–Crippen LogP) is 2.61. The van der Waals surface area contributed by atoms with Crippen molar-refractivity contribution in [1.29, 1.82) is 0 Å². The molecule has 8 heteroatoms. The van der Waals surface area contributed by atoms with Crippen LogP contribution in [0.25, 0.3) is 5.57 Å². The van der Waals surface area contributed by atoms with Gasteiger partial charge in [0, 0.05) is 24.1 Å². The van der Waals surface area contributed by atoms with Gasteiger partial charge in [-0.3, -0.25) is 14.5 Å². The van der Waals surface area contributed by atoms with E-state index in [2.05, 4.69) is 17.5 Å². The van der Waals surface area contributed by atoms with Crippen molar-refractivity contribution in [3.05, 3.63) is 58.2 Å². The fraction of sp³-hybridized carbons (Fsp3) is 0.278. The number of ketones is 1. The van der Waals surface area contributed by atoms with Gasteiger partial charge >= 0.3 is 0 Å². The van der Waals surface area contributed by atoms with Gasteiger partial charge in [-0.1, -0.05) is 29.8 Å². The van der Waals surface area contributed by atoms with Crippen molar-refractivity contribution < 1.29 is 4.79 Å². The van der Waals surface area contributed by atoms with Crippen LogP contribution < -0.4 is 22.0 Å². The van der Waals surface area contributed by atoms with Crippen molar-refractivity contribution in [2.75, 3.05) is 23.1 Å². The number of allylic oxidation sites excluding steroid dienone is 5. The Kier molecular flexibility index (Phi) is 4.60. The number of dihydropyridines is 1. The van der Waals surface area contributed by atoms with Gasteiger partial charge in [-0.2, -0.15) is 0 Å². The first kappa shape index (κ1) is 17.3. The van der Waals surface area contributed by atoms with Gasteiger partial charge in [0.25, 0.3) is 0 Å². The largest absolute Gasteiger partial charge is 0.386 e. The molecule has 5 N–H and O–H groups in total. The molecule has 26 heavy (non-hydrogen) atoms. The number of nitrogens with zero attached hydrogens (tertiary/aromatic N) is 2. The number of Topliss-reactive ketones (excluding diaryl/α,β-unsaturated/α-hetero) is 1. The van der Waals surface area contributed by atoms with E-state index in [1.54, 1.807) is 27.6 Å². The average molecular weight is 390 g/mol. The highest BCUT2D eigenvalue weighted by Crippen LogP contribution is 2.42. The lowest BCUT2D eigenvalue weighted by Gasteiger charge is -2.25. The average Bonchev–Trinajstić information content (AvgIpc) is 2.96. The highest BCUT2D eigenvalue weighted by atomic mass is 35.5. The van der Waals surface area contributed by atoms with Gasteiger partial charge in [0.1, 0.15) is 0 Å². The maximum absolute atomic E-state index is 12.7. The van der Waals surface area contributed by atoms with E-state index in [1.807, 2.05) is 12.2 Å². The lowest BCUT2D eigenvalue weighted by molar-refractivity contribution is 0.102. The van der Waals surface area contributed by atoms with Crippen LogP contribution in [0.2, 0.25) is 0 Å². The summed E-state index contributed by atoms with van der Waals surface area (Å²) in [5.74, 6) is 14.1. The van der Waals surface area contributed by atoms with Crippen LogP contribution >= 0.6 is 23.4 Å². The molecule has 0 atom stereocenters. The summed E-state index contributed by atoms with van der Waals surface area (Å²) in [4.78, 5) is 12.7. The van der Waals surface area contributed by atoms with E-state index < -0.39 is 0 Å². The summed E-state index contributed by atoms with van der Waals surface area (Å²) in [5, 5.41) is 5.20. The predicted molar refractivity (Wildman–Crippen MR) is 108 cm³/mol. The molecule has 0 bridgehead atoms. The fourth-order valence-electron chi connectivity index (χ4n) is 3.47. The molecule has 4 rings (SSSR count). The summed E-state index contributed by atoms with van der Waals surface area (Å²) in [6.45, 7) is 0.636. The molecular weight excluding hydrogens is 370 g/mol. The summed E-state index contributed by atoms with van der Waals surface area (Å²) >= 11 is 7.99. The molecule has 0 saturated heterocycles. The van der Waals surface area contributed by atoms with Crippen LogP contribution in [-0.2, 0) is 5.75 Å². The van der Waals surface area contributed by atoms with Crippen molar-refractivity contribution in [1.82, 2.24) is 9.99 Å². The van der Waals surface area contributed by atoms with E-state index in [9.17, 15) is 4.79 Å². The molecule has 0 fully saturated rings. The van der Waals surface area contributed by atoms with Crippen molar-refractivity contribution in [2.24, 2.45) is 5.84 Å². The first-order chi connectivity index (χ1) is 12.6. The van der Waals surface area contributed by atoms with Crippen LogP contribution in [0.5, 0.6) is 0 Å². The SMILES string of the molecule is NN(C1=CCCC=C1)c1c2c(n(N)c1C1=CCNC=C1Cl)CSCC2=O. The van der Waals surface area contributed by atoms with E-state index in [0.717, 1.165) is 29.8 Å². The van der Waals surface area contributed by atoms with Gasteiger partial charge in [-0.15, -0.1) is 11.8 Å². The normalized spacial score (nSPS) is 19.3. The minimum atomic E-state index is 0.0437. The molecule has 3 aliphatic rings. The van der Waals surface area contributed by atoms with E-state index in [1.165, 1.54) is 0 Å². The summed E-state index contributed by atoms with van der Waals surface area (Å²) in [7, 11) is 0. The Morgan fingerprint density at radius 3 is 2.85 bits per heavy atom. The maximum Gasteiger partial charge on any atom is 0.176 e. The number of fused-ring (bicyclic) bond motifs is 1. The van der Waals surface area contributed by atoms with Gasteiger partial charge < -0.3 is 11.2 Å². The van der Waals surface area contributed by atoms with E-state index in [4.69, 9.17) is 23.3 Å². The zero-order valence-electron chi connectivity index (χ0n) is 14.2. The van der Waals surface area contributed by atoms with Crippen molar-refractivity contribution in [3.8, 4) is 0 Å². The second-order valence-electron chi connectivity index (χ2n) is 6.30. The highest BCUT2D eigenvalue weighted by molar-refractivity contribution is 7.99. The number of rotatable bonds is 3. The second-order valence-corrected chi connectivity index (χ2v) is 7.69. The Hall–Kier alpha value is -2.09. The zero-order valence-corrected chi connectivity index (χ0v) is 15.7. The molecule has 1 aromatic heterocycles. The maximum atomic E-state index is 12.7. The van der Waals surface area contributed by atoms with Gasteiger partial charge in [0.2, 0.25) is 0 Å². The molecule has 0 spiro atoms. The van der Waals surface area contributed by atoms with Crippen LogP contribution in [-0.4, -0.2) is 22.8 Å². The van der Waals surface area contributed by atoms with Crippen LogP contribution in [0.1, 0.15) is 34.6 Å². The van der Waals surface area contributed by atoms with Gasteiger partial charge in [0.05, 0.1) is 39.1 Å². The molecular formula is C18H20ClN5OS. The molecule has 0 radical (unpaired) electrons. The summed E-state index contributed by atoms with van der Waals surface area (Å²) in [6.07, 6.45) is 11.7. The Labute approximate surface area is 161 Å². The Balaban J connectivity index is 1.94. The van der Waals surface area contributed by atoms with E-state index in [-0.39, 0.29) is 5.78 Å². The second kappa shape index (κ2) is 6.90. The lowest BCUT2D eigenvalue weighted by atomic mass is 10.0. The summed E-state index contributed by atoms with van der Waals surface area (Å²) in [6, 6.07) is 0.